The van der Waals surface area contributed by atoms with Crippen LogP contribution in [0.1, 0.15) is 24.2 Å². The summed E-state index contributed by atoms with van der Waals surface area (Å²) >= 11 is 0. The molecule has 160 valence electrons. The first kappa shape index (κ1) is 20.6. The molecule has 0 atom stereocenters. The Hall–Kier alpha value is -3.67. The van der Waals surface area contributed by atoms with Crippen LogP contribution in [0.25, 0.3) is 0 Å². The molecular weight excluding hydrogens is 392 g/mol. The highest BCUT2D eigenvalue weighted by atomic mass is 16.6. The van der Waals surface area contributed by atoms with Gasteiger partial charge in [-0.3, -0.25) is 4.79 Å². The third-order valence-electron chi connectivity index (χ3n) is 5.02. The quantitative estimate of drug-likeness (QED) is 0.591. The number of fused-ring (bicyclic) bond motifs is 1. The first-order valence-electron chi connectivity index (χ1n) is 10.3. The number of rotatable bonds is 6. The predicted octanol–water partition coefficient (Wildman–Crippen LogP) is 5.27. The number of benzene rings is 3. The van der Waals surface area contributed by atoms with Crippen molar-refractivity contribution >= 4 is 23.0 Å². The molecule has 0 unspecified atom stereocenters. The summed E-state index contributed by atoms with van der Waals surface area (Å²) in [4.78, 5) is 15.2. The average molecular weight is 418 g/mol. The van der Waals surface area contributed by atoms with E-state index < -0.39 is 0 Å². The minimum absolute atomic E-state index is 0.0420. The summed E-state index contributed by atoms with van der Waals surface area (Å²) in [7, 11) is 1.56. The van der Waals surface area contributed by atoms with E-state index in [1.54, 1.807) is 24.1 Å². The van der Waals surface area contributed by atoms with Crippen molar-refractivity contribution in [3.8, 4) is 17.2 Å². The third-order valence-corrected chi connectivity index (χ3v) is 5.02. The van der Waals surface area contributed by atoms with Crippen LogP contribution in [-0.4, -0.2) is 32.3 Å². The van der Waals surface area contributed by atoms with E-state index in [1.807, 2.05) is 68.4 Å². The van der Waals surface area contributed by atoms with Crippen LogP contribution >= 0.6 is 0 Å². The molecular formula is C25H26N2O4. The van der Waals surface area contributed by atoms with Gasteiger partial charge in [0.25, 0.3) is 5.91 Å². The first-order valence-corrected chi connectivity index (χ1v) is 10.3. The zero-order valence-electron chi connectivity index (χ0n) is 17.9. The van der Waals surface area contributed by atoms with Crippen molar-refractivity contribution < 1.29 is 19.0 Å². The molecule has 1 aliphatic rings. The number of carbonyl (C=O) groups excluding carboxylic acids is 1. The Morgan fingerprint density at radius 1 is 0.968 bits per heavy atom. The summed E-state index contributed by atoms with van der Waals surface area (Å²) in [5, 5.41) is 3.36. The molecule has 0 aliphatic carbocycles. The van der Waals surface area contributed by atoms with Crippen LogP contribution < -0.4 is 24.4 Å². The molecule has 3 aromatic carbocycles. The Balaban J connectivity index is 1.61. The second-order valence-corrected chi connectivity index (χ2v) is 7.51. The van der Waals surface area contributed by atoms with Gasteiger partial charge >= 0.3 is 0 Å². The number of hydrogen-bond acceptors (Lipinski definition) is 5. The molecule has 0 spiro atoms. The summed E-state index contributed by atoms with van der Waals surface area (Å²) in [6.07, 6.45) is 0. The summed E-state index contributed by atoms with van der Waals surface area (Å²) in [5.41, 5.74) is 3.26. The monoisotopic (exact) mass is 418 g/mol. The number of anilines is 3. The van der Waals surface area contributed by atoms with Crippen molar-refractivity contribution in [2.45, 2.75) is 19.9 Å². The van der Waals surface area contributed by atoms with Crippen LogP contribution in [0.5, 0.6) is 17.2 Å². The van der Waals surface area contributed by atoms with E-state index in [0.717, 1.165) is 17.1 Å². The highest BCUT2D eigenvalue weighted by Crippen LogP contribution is 2.41. The molecule has 1 aliphatic heterocycles. The molecule has 0 saturated carbocycles. The molecule has 3 aromatic rings. The minimum Gasteiger partial charge on any atom is -0.493 e. The first-order chi connectivity index (χ1) is 15.1. The molecule has 4 rings (SSSR count). The van der Waals surface area contributed by atoms with E-state index in [0.29, 0.717) is 36.0 Å². The van der Waals surface area contributed by atoms with Crippen LogP contribution in [0, 0.1) is 0 Å². The topological polar surface area (TPSA) is 60.0 Å². The van der Waals surface area contributed by atoms with Gasteiger partial charge in [0.15, 0.2) is 11.5 Å². The van der Waals surface area contributed by atoms with E-state index in [4.69, 9.17) is 14.2 Å². The Morgan fingerprint density at radius 3 is 2.32 bits per heavy atom. The number of amides is 1. The van der Waals surface area contributed by atoms with E-state index in [9.17, 15) is 4.79 Å². The molecule has 0 aromatic heterocycles. The lowest BCUT2D eigenvalue weighted by Crippen LogP contribution is -2.37. The standard InChI is InChI=1S/C25H26N2O4/c1-17(2)27(21-11-9-20(10-12-21)26-19-7-5-4-6-8-19)25(28)18-15-22(29-3)24-23(16-18)30-13-14-31-24/h4-12,15-17,26H,13-14H2,1-3H3. The van der Waals surface area contributed by atoms with Gasteiger partial charge in [-0.05, 0) is 62.4 Å². The van der Waals surface area contributed by atoms with E-state index >= 15 is 0 Å². The Kier molecular flexibility index (Phi) is 5.98. The average Bonchev–Trinajstić information content (AvgIpc) is 2.80. The Labute approximate surface area is 182 Å². The fraction of sp³-hybridized carbons (Fsp3) is 0.240. The lowest BCUT2D eigenvalue weighted by atomic mass is 10.1. The van der Waals surface area contributed by atoms with Gasteiger partial charge in [0.2, 0.25) is 5.75 Å². The van der Waals surface area contributed by atoms with Crippen LogP contribution in [0.4, 0.5) is 17.1 Å². The second-order valence-electron chi connectivity index (χ2n) is 7.51. The molecule has 1 amide bonds. The molecule has 0 fully saturated rings. The van der Waals surface area contributed by atoms with Crippen molar-refractivity contribution in [2.24, 2.45) is 0 Å². The fourth-order valence-corrected chi connectivity index (χ4v) is 3.58. The number of para-hydroxylation sites is 1. The predicted molar refractivity (Wildman–Crippen MR) is 122 cm³/mol. The lowest BCUT2D eigenvalue weighted by molar-refractivity contribution is 0.0978. The van der Waals surface area contributed by atoms with Gasteiger partial charge in [-0.1, -0.05) is 18.2 Å². The van der Waals surface area contributed by atoms with Gasteiger partial charge in [0.05, 0.1) is 7.11 Å². The number of nitrogens with zero attached hydrogens (tertiary/aromatic N) is 1. The maximum atomic E-state index is 13.5. The number of ether oxygens (including phenoxy) is 3. The van der Waals surface area contributed by atoms with Crippen molar-refractivity contribution in [1.29, 1.82) is 0 Å². The van der Waals surface area contributed by atoms with Gasteiger partial charge < -0.3 is 24.4 Å². The fourth-order valence-electron chi connectivity index (χ4n) is 3.58. The molecule has 1 N–H and O–H groups in total. The molecule has 0 radical (unpaired) electrons. The van der Waals surface area contributed by atoms with Gasteiger partial charge in [-0.2, -0.15) is 0 Å². The largest absolute Gasteiger partial charge is 0.493 e. The van der Waals surface area contributed by atoms with Crippen LogP contribution in [0.15, 0.2) is 66.7 Å². The number of hydrogen-bond donors (Lipinski definition) is 1. The van der Waals surface area contributed by atoms with Gasteiger partial charge in [-0.25, -0.2) is 0 Å². The van der Waals surface area contributed by atoms with Crippen molar-refractivity contribution in [2.75, 3.05) is 30.5 Å². The summed E-state index contributed by atoms with van der Waals surface area (Å²) in [6.45, 7) is 4.88. The summed E-state index contributed by atoms with van der Waals surface area (Å²) < 4.78 is 16.8. The normalized spacial score (nSPS) is 12.4. The zero-order valence-corrected chi connectivity index (χ0v) is 17.9. The van der Waals surface area contributed by atoms with Crippen LogP contribution in [0.2, 0.25) is 0 Å². The SMILES string of the molecule is COc1cc(C(=O)N(c2ccc(Nc3ccccc3)cc2)C(C)C)cc2c1OCCO2. The van der Waals surface area contributed by atoms with Crippen molar-refractivity contribution in [1.82, 2.24) is 0 Å². The van der Waals surface area contributed by atoms with Crippen LogP contribution in [0.3, 0.4) is 0 Å². The third kappa shape index (κ3) is 4.43. The van der Waals surface area contributed by atoms with Crippen molar-refractivity contribution in [3.05, 3.63) is 72.3 Å². The van der Waals surface area contributed by atoms with E-state index in [2.05, 4.69) is 5.32 Å². The van der Waals surface area contributed by atoms with E-state index in [-0.39, 0.29) is 11.9 Å². The molecule has 6 heteroatoms. The number of methoxy groups -OCH3 is 1. The van der Waals surface area contributed by atoms with Gasteiger partial charge in [-0.15, -0.1) is 0 Å². The van der Waals surface area contributed by atoms with Crippen molar-refractivity contribution in [3.63, 3.8) is 0 Å². The molecule has 0 bridgehead atoms. The highest BCUT2D eigenvalue weighted by Gasteiger charge is 2.25. The van der Waals surface area contributed by atoms with E-state index in [1.165, 1.54) is 0 Å². The van der Waals surface area contributed by atoms with Gasteiger partial charge in [0, 0.05) is 28.7 Å². The molecule has 1 heterocycles. The summed E-state index contributed by atoms with van der Waals surface area (Å²) in [6, 6.07) is 21.2. The maximum Gasteiger partial charge on any atom is 0.258 e. The zero-order chi connectivity index (χ0) is 21.8. The lowest BCUT2D eigenvalue weighted by Gasteiger charge is -2.28. The van der Waals surface area contributed by atoms with Gasteiger partial charge in [0.1, 0.15) is 13.2 Å². The maximum absolute atomic E-state index is 13.5. The molecule has 0 saturated heterocycles. The number of carbonyl (C=O) groups is 1. The molecule has 6 nitrogen and oxygen atoms in total. The Morgan fingerprint density at radius 2 is 1.65 bits per heavy atom. The Bertz CT molecular complexity index is 1030. The smallest absolute Gasteiger partial charge is 0.258 e. The molecule has 31 heavy (non-hydrogen) atoms. The number of nitrogens with one attached hydrogen (secondary N) is 1. The van der Waals surface area contributed by atoms with Crippen LogP contribution in [-0.2, 0) is 0 Å². The summed E-state index contributed by atoms with van der Waals surface area (Å²) in [5.74, 6) is 1.43. The second kappa shape index (κ2) is 9.00. The minimum atomic E-state index is -0.131. The highest BCUT2D eigenvalue weighted by molar-refractivity contribution is 6.07.